The van der Waals surface area contributed by atoms with E-state index in [1.54, 1.807) is 0 Å². The summed E-state index contributed by atoms with van der Waals surface area (Å²) in [6.07, 6.45) is 3.50. The Morgan fingerprint density at radius 2 is 1.94 bits per heavy atom. The Labute approximate surface area is 115 Å². The van der Waals surface area contributed by atoms with E-state index in [9.17, 15) is 8.42 Å². The maximum atomic E-state index is 11.5. The second-order valence-electron chi connectivity index (χ2n) is 4.86. The van der Waals surface area contributed by atoms with Crippen LogP contribution in [0.4, 0.5) is 0 Å². The fourth-order valence-corrected chi connectivity index (χ4v) is 4.51. The van der Waals surface area contributed by atoms with Crippen LogP contribution in [0.25, 0.3) is 10.9 Å². The number of nitrogens with one attached hydrogen (secondary N) is 1. The highest BCUT2D eigenvalue weighted by atomic mass is 79.9. The van der Waals surface area contributed by atoms with E-state index in [1.807, 2.05) is 18.3 Å². The molecule has 0 radical (unpaired) electrons. The van der Waals surface area contributed by atoms with Gasteiger partial charge in [-0.25, -0.2) is 8.42 Å². The first-order valence-corrected chi connectivity index (χ1v) is 8.63. The summed E-state index contributed by atoms with van der Waals surface area (Å²) < 4.78 is 24.0. The van der Waals surface area contributed by atoms with Gasteiger partial charge in [0.25, 0.3) is 0 Å². The van der Waals surface area contributed by atoms with Crippen LogP contribution >= 0.6 is 15.9 Å². The molecule has 1 fully saturated rings. The van der Waals surface area contributed by atoms with Crippen LogP contribution in [0.1, 0.15) is 24.3 Å². The molecule has 1 aromatic carbocycles. The van der Waals surface area contributed by atoms with Crippen molar-refractivity contribution in [3.05, 3.63) is 34.4 Å². The Morgan fingerprint density at radius 1 is 1.22 bits per heavy atom. The number of fused-ring (bicyclic) bond motifs is 1. The number of aromatic nitrogens is 1. The molecule has 1 aliphatic heterocycles. The van der Waals surface area contributed by atoms with Gasteiger partial charge in [-0.2, -0.15) is 0 Å². The Balaban J connectivity index is 1.98. The molecule has 1 saturated heterocycles. The van der Waals surface area contributed by atoms with E-state index in [2.05, 4.69) is 27.0 Å². The first-order chi connectivity index (χ1) is 8.55. The van der Waals surface area contributed by atoms with E-state index in [4.69, 9.17) is 0 Å². The highest BCUT2D eigenvalue weighted by Crippen LogP contribution is 2.34. The Kier molecular flexibility index (Phi) is 2.98. The first kappa shape index (κ1) is 12.2. The summed E-state index contributed by atoms with van der Waals surface area (Å²) in [6, 6.07) is 6.15. The van der Waals surface area contributed by atoms with E-state index >= 15 is 0 Å². The molecule has 0 bridgehead atoms. The molecule has 3 rings (SSSR count). The third-order valence-electron chi connectivity index (χ3n) is 3.67. The van der Waals surface area contributed by atoms with Crippen molar-refractivity contribution < 1.29 is 8.42 Å². The van der Waals surface area contributed by atoms with Crippen LogP contribution in [0.15, 0.2) is 28.9 Å². The summed E-state index contributed by atoms with van der Waals surface area (Å²) in [5.74, 6) is 0.994. The Bertz CT molecular complexity index is 676. The lowest BCUT2D eigenvalue weighted by Gasteiger charge is -2.21. The van der Waals surface area contributed by atoms with Crippen molar-refractivity contribution in [2.45, 2.75) is 18.8 Å². The second kappa shape index (κ2) is 4.38. The number of aromatic amines is 1. The van der Waals surface area contributed by atoms with Gasteiger partial charge in [0.1, 0.15) is 9.84 Å². The van der Waals surface area contributed by atoms with Crippen molar-refractivity contribution in [3.63, 3.8) is 0 Å². The van der Waals surface area contributed by atoms with Crippen LogP contribution in [0, 0.1) is 0 Å². The molecular weight excluding hydrogens is 314 g/mol. The van der Waals surface area contributed by atoms with Crippen LogP contribution < -0.4 is 0 Å². The van der Waals surface area contributed by atoms with Crippen molar-refractivity contribution in [1.29, 1.82) is 0 Å². The summed E-state index contributed by atoms with van der Waals surface area (Å²) in [5.41, 5.74) is 2.36. The molecule has 2 heterocycles. The van der Waals surface area contributed by atoms with Gasteiger partial charge >= 0.3 is 0 Å². The second-order valence-corrected chi connectivity index (χ2v) is 8.08. The van der Waals surface area contributed by atoms with E-state index in [0.29, 0.717) is 17.4 Å². The van der Waals surface area contributed by atoms with Gasteiger partial charge in [0.05, 0.1) is 11.5 Å². The van der Waals surface area contributed by atoms with Gasteiger partial charge in [-0.05, 0) is 42.5 Å². The fourth-order valence-electron chi connectivity index (χ4n) is 2.65. The predicted molar refractivity (Wildman–Crippen MR) is 76.6 cm³/mol. The van der Waals surface area contributed by atoms with Crippen molar-refractivity contribution in [3.8, 4) is 0 Å². The first-order valence-electron chi connectivity index (χ1n) is 6.02. The average Bonchev–Trinajstić information content (AvgIpc) is 2.72. The van der Waals surface area contributed by atoms with Crippen molar-refractivity contribution in [2.24, 2.45) is 0 Å². The molecule has 0 aliphatic carbocycles. The minimum absolute atomic E-state index is 0.318. The van der Waals surface area contributed by atoms with Crippen LogP contribution in [0.2, 0.25) is 0 Å². The zero-order chi connectivity index (χ0) is 12.8. The number of benzene rings is 1. The van der Waals surface area contributed by atoms with Gasteiger partial charge in [0, 0.05) is 21.6 Å². The highest BCUT2D eigenvalue weighted by molar-refractivity contribution is 9.10. The summed E-state index contributed by atoms with van der Waals surface area (Å²) in [7, 11) is -2.79. The summed E-state index contributed by atoms with van der Waals surface area (Å²) in [6.45, 7) is 0. The van der Waals surface area contributed by atoms with Crippen molar-refractivity contribution in [2.75, 3.05) is 11.5 Å². The average molecular weight is 328 g/mol. The molecule has 96 valence electrons. The number of halogens is 1. The molecule has 1 N–H and O–H groups in total. The van der Waals surface area contributed by atoms with Crippen molar-refractivity contribution in [1.82, 2.24) is 4.98 Å². The zero-order valence-corrected chi connectivity index (χ0v) is 12.2. The number of rotatable bonds is 1. The Hall–Kier alpha value is -0.810. The monoisotopic (exact) mass is 327 g/mol. The topological polar surface area (TPSA) is 49.9 Å². The van der Waals surface area contributed by atoms with Gasteiger partial charge in [0.2, 0.25) is 0 Å². The van der Waals surface area contributed by atoms with E-state index in [0.717, 1.165) is 22.8 Å². The number of sulfone groups is 1. The minimum atomic E-state index is -2.79. The fraction of sp³-hybridized carbons (Fsp3) is 0.385. The molecule has 1 aromatic heterocycles. The smallest absolute Gasteiger partial charge is 0.150 e. The number of hydrogen-bond acceptors (Lipinski definition) is 2. The van der Waals surface area contributed by atoms with Crippen LogP contribution in [-0.2, 0) is 9.84 Å². The van der Waals surface area contributed by atoms with Gasteiger partial charge in [0.15, 0.2) is 0 Å². The highest BCUT2D eigenvalue weighted by Gasteiger charge is 2.26. The van der Waals surface area contributed by atoms with E-state index in [-0.39, 0.29) is 0 Å². The normalized spacial score (nSPS) is 20.3. The van der Waals surface area contributed by atoms with E-state index in [1.165, 1.54) is 10.9 Å². The molecule has 5 heteroatoms. The van der Waals surface area contributed by atoms with Gasteiger partial charge < -0.3 is 4.98 Å². The third kappa shape index (κ3) is 2.21. The van der Waals surface area contributed by atoms with Crippen LogP contribution in [0.5, 0.6) is 0 Å². The van der Waals surface area contributed by atoms with Gasteiger partial charge in [-0.1, -0.05) is 15.9 Å². The molecule has 1 aliphatic rings. The largest absolute Gasteiger partial charge is 0.361 e. The molecule has 18 heavy (non-hydrogen) atoms. The standard InChI is InChI=1S/C13H14BrNO2S/c14-10-1-2-13-11(7-10)12(8-15-13)9-3-5-18(16,17)6-4-9/h1-2,7-9,15H,3-6H2. The quantitative estimate of drug-likeness (QED) is 0.874. The maximum absolute atomic E-state index is 11.5. The molecule has 0 amide bonds. The van der Waals surface area contributed by atoms with Gasteiger partial charge in [-0.3, -0.25) is 0 Å². The van der Waals surface area contributed by atoms with Crippen molar-refractivity contribution >= 4 is 36.7 Å². The summed E-state index contributed by atoms with van der Waals surface area (Å²) in [5, 5.41) is 1.20. The summed E-state index contributed by atoms with van der Waals surface area (Å²) in [4.78, 5) is 3.26. The maximum Gasteiger partial charge on any atom is 0.150 e. The lowest BCUT2D eigenvalue weighted by Crippen LogP contribution is -2.21. The molecule has 0 saturated carbocycles. The van der Waals surface area contributed by atoms with Crippen LogP contribution in [-0.4, -0.2) is 24.9 Å². The third-order valence-corrected chi connectivity index (χ3v) is 5.88. The molecule has 0 spiro atoms. The number of H-pyrrole nitrogens is 1. The van der Waals surface area contributed by atoms with Gasteiger partial charge in [-0.15, -0.1) is 0 Å². The Morgan fingerprint density at radius 3 is 2.67 bits per heavy atom. The van der Waals surface area contributed by atoms with Crippen LogP contribution in [0.3, 0.4) is 0 Å². The molecule has 0 unspecified atom stereocenters. The minimum Gasteiger partial charge on any atom is -0.361 e. The molecule has 0 atom stereocenters. The lowest BCUT2D eigenvalue weighted by molar-refractivity contribution is 0.551. The molecule has 3 nitrogen and oxygen atoms in total. The van der Waals surface area contributed by atoms with E-state index < -0.39 is 9.84 Å². The number of hydrogen-bond donors (Lipinski definition) is 1. The zero-order valence-electron chi connectivity index (χ0n) is 9.82. The predicted octanol–water partition coefficient (Wildman–Crippen LogP) is 3.22. The molecule has 2 aromatic rings. The lowest BCUT2D eigenvalue weighted by atomic mass is 9.93. The molecular formula is C13H14BrNO2S. The summed E-state index contributed by atoms with van der Waals surface area (Å²) >= 11 is 3.48. The SMILES string of the molecule is O=S1(=O)CCC(c2c[nH]c3ccc(Br)cc23)CC1.